The number of halogens is 1. The molecule has 7 nitrogen and oxygen atoms in total. The van der Waals surface area contributed by atoms with E-state index in [1.807, 2.05) is 0 Å². The molecule has 1 N–H and O–H groups in total. The second-order valence-corrected chi connectivity index (χ2v) is 11.1. The number of sulfonamides is 1. The standard InChI is InChI=1S/C26H34FN3O4S/c1-19-11-7-10-16-24(19)30(35(3,33)34)18-25(31)29(17-21-12-8-9-15-23(21)27)20(2)26(32)28-22-13-5-4-6-14-22/h7-12,15-16,20,22H,4-6,13-14,17-18H2,1-3H3,(H,28,32). The predicted octanol–water partition coefficient (Wildman–Crippen LogP) is 3.77. The van der Waals surface area contributed by atoms with Crippen molar-refractivity contribution in [1.82, 2.24) is 10.2 Å². The zero-order valence-electron chi connectivity index (χ0n) is 20.5. The number of rotatable bonds is 9. The van der Waals surface area contributed by atoms with Crippen molar-refractivity contribution in [3.05, 3.63) is 65.5 Å². The monoisotopic (exact) mass is 503 g/mol. The summed E-state index contributed by atoms with van der Waals surface area (Å²) < 4.78 is 40.8. The molecule has 1 atom stereocenters. The molecule has 1 unspecified atom stereocenters. The van der Waals surface area contributed by atoms with E-state index >= 15 is 0 Å². The first-order chi connectivity index (χ1) is 16.6. The van der Waals surface area contributed by atoms with Crippen LogP contribution in [0.5, 0.6) is 0 Å². The summed E-state index contributed by atoms with van der Waals surface area (Å²) >= 11 is 0. The summed E-state index contributed by atoms with van der Waals surface area (Å²) in [5.41, 5.74) is 1.32. The fourth-order valence-corrected chi connectivity index (χ4v) is 5.31. The van der Waals surface area contributed by atoms with Crippen LogP contribution in [0, 0.1) is 12.7 Å². The van der Waals surface area contributed by atoms with Crippen molar-refractivity contribution < 1.29 is 22.4 Å². The third-order valence-corrected chi connectivity index (χ3v) is 7.61. The number of nitrogens with one attached hydrogen (secondary N) is 1. The van der Waals surface area contributed by atoms with Crippen LogP contribution in [0.4, 0.5) is 10.1 Å². The molecule has 2 amide bonds. The second kappa shape index (κ2) is 11.7. The maximum absolute atomic E-state index is 14.5. The molecule has 1 fully saturated rings. The molecule has 0 aromatic heterocycles. The summed E-state index contributed by atoms with van der Waals surface area (Å²) in [4.78, 5) is 27.9. The Kier molecular flexibility index (Phi) is 8.88. The number of hydrogen-bond donors (Lipinski definition) is 1. The Balaban J connectivity index is 1.89. The molecule has 1 saturated carbocycles. The van der Waals surface area contributed by atoms with Gasteiger partial charge >= 0.3 is 0 Å². The van der Waals surface area contributed by atoms with Gasteiger partial charge in [0.05, 0.1) is 11.9 Å². The number of carbonyl (C=O) groups excluding carboxylic acids is 2. The number of hydrogen-bond acceptors (Lipinski definition) is 4. The Hall–Kier alpha value is -2.94. The fraction of sp³-hybridized carbons (Fsp3) is 0.462. The Morgan fingerprint density at radius 3 is 2.31 bits per heavy atom. The molecule has 1 aliphatic carbocycles. The van der Waals surface area contributed by atoms with Crippen molar-refractivity contribution in [3.63, 3.8) is 0 Å². The third kappa shape index (κ3) is 7.04. The van der Waals surface area contributed by atoms with Crippen LogP contribution in [0.1, 0.15) is 50.2 Å². The van der Waals surface area contributed by atoms with E-state index in [1.165, 1.54) is 11.0 Å². The highest BCUT2D eigenvalue weighted by Gasteiger charge is 2.31. The zero-order valence-corrected chi connectivity index (χ0v) is 21.4. The van der Waals surface area contributed by atoms with Crippen LogP contribution < -0.4 is 9.62 Å². The molecule has 0 heterocycles. The minimum atomic E-state index is -3.81. The number of anilines is 1. The van der Waals surface area contributed by atoms with Crippen molar-refractivity contribution in [2.75, 3.05) is 17.1 Å². The van der Waals surface area contributed by atoms with Crippen LogP contribution in [0.15, 0.2) is 48.5 Å². The summed E-state index contributed by atoms with van der Waals surface area (Å²) in [5, 5.41) is 3.02. The topological polar surface area (TPSA) is 86.8 Å². The normalized spacial score (nSPS) is 15.3. The fourth-order valence-electron chi connectivity index (χ4n) is 4.40. The van der Waals surface area contributed by atoms with Gasteiger partial charge in [-0.1, -0.05) is 55.7 Å². The highest BCUT2D eigenvalue weighted by Crippen LogP contribution is 2.23. The molecule has 35 heavy (non-hydrogen) atoms. The van der Waals surface area contributed by atoms with E-state index in [0.29, 0.717) is 11.3 Å². The van der Waals surface area contributed by atoms with Crippen molar-refractivity contribution >= 4 is 27.5 Å². The number of nitrogens with zero attached hydrogens (tertiary/aromatic N) is 2. The molecular weight excluding hydrogens is 469 g/mol. The lowest BCUT2D eigenvalue weighted by molar-refractivity contribution is -0.139. The number of benzene rings is 2. The lowest BCUT2D eigenvalue weighted by Crippen LogP contribution is -2.53. The van der Waals surface area contributed by atoms with E-state index < -0.39 is 34.3 Å². The van der Waals surface area contributed by atoms with Gasteiger partial charge in [0.15, 0.2) is 0 Å². The number of carbonyl (C=O) groups is 2. The first kappa shape index (κ1) is 26.7. The SMILES string of the molecule is Cc1ccccc1N(CC(=O)N(Cc1ccccc1F)C(C)C(=O)NC1CCCCC1)S(C)(=O)=O. The van der Waals surface area contributed by atoms with E-state index in [1.54, 1.807) is 56.3 Å². The molecule has 190 valence electrons. The molecule has 0 aliphatic heterocycles. The number of para-hydroxylation sites is 1. The van der Waals surface area contributed by atoms with Gasteiger partial charge in [0.1, 0.15) is 18.4 Å². The van der Waals surface area contributed by atoms with Crippen molar-refractivity contribution in [3.8, 4) is 0 Å². The second-order valence-electron chi connectivity index (χ2n) is 9.19. The predicted molar refractivity (Wildman–Crippen MR) is 135 cm³/mol. The molecule has 0 bridgehead atoms. The molecular formula is C26H34FN3O4S. The van der Waals surface area contributed by atoms with Gasteiger partial charge in [0.25, 0.3) is 0 Å². The van der Waals surface area contributed by atoms with E-state index in [-0.39, 0.29) is 24.1 Å². The molecule has 2 aromatic rings. The first-order valence-corrected chi connectivity index (χ1v) is 13.8. The lowest BCUT2D eigenvalue weighted by atomic mass is 9.95. The van der Waals surface area contributed by atoms with Gasteiger partial charge in [-0.05, 0) is 44.4 Å². The largest absolute Gasteiger partial charge is 0.352 e. The third-order valence-electron chi connectivity index (χ3n) is 6.48. The summed E-state index contributed by atoms with van der Waals surface area (Å²) in [6.07, 6.45) is 6.02. The van der Waals surface area contributed by atoms with Crippen LogP contribution in [-0.2, 0) is 26.2 Å². The van der Waals surface area contributed by atoms with Gasteiger partial charge in [0, 0.05) is 18.2 Å². The van der Waals surface area contributed by atoms with Crippen LogP contribution in [0.25, 0.3) is 0 Å². The van der Waals surface area contributed by atoms with Gasteiger partial charge in [-0.15, -0.1) is 0 Å². The van der Waals surface area contributed by atoms with Gasteiger partial charge < -0.3 is 10.2 Å². The minimum Gasteiger partial charge on any atom is -0.352 e. The minimum absolute atomic E-state index is 0.0450. The van der Waals surface area contributed by atoms with E-state index in [0.717, 1.165) is 42.7 Å². The summed E-state index contributed by atoms with van der Waals surface area (Å²) in [6, 6.07) is 12.0. The maximum atomic E-state index is 14.5. The average Bonchev–Trinajstić information content (AvgIpc) is 2.82. The first-order valence-electron chi connectivity index (χ1n) is 11.9. The van der Waals surface area contributed by atoms with Crippen molar-refractivity contribution in [2.24, 2.45) is 0 Å². The smallest absolute Gasteiger partial charge is 0.244 e. The Morgan fingerprint density at radius 2 is 1.69 bits per heavy atom. The molecule has 1 aliphatic rings. The summed E-state index contributed by atoms with van der Waals surface area (Å²) in [6.45, 7) is 2.69. The van der Waals surface area contributed by atoms with E-state index in [4.69, 9.17) is 0 Å². The maximum Gasteiger partial charge on any atom is 0.244 e. The Bertz CT molecular complexity index is 1150. The molecule has 3 rings (SSSR count). The quantitative estimate of drug-likeness (QED) is 0.565. The molecule has 0 radical (unpaired) electrons. The number of aryl methyl sites for hydroxylation is 1. The molecule has 2 aromatic carbocycles. The van der Waals surface area contributed by atoms with Gasteiger partial charge in [-0.3, -0.25) is 13.9 Å². The lowest BCUT2D eigenvalue weighted by Gasteiger charge is -2.33. The van der Waals surface area contributed by atoms with Gasteiger partial charge in [-0.25, -0.2) is 12.8 Å². The van der Waals surface area contributed by atoms with Crippen molar-refractivity contribution in [2.45, 2.75) is 64.6 Å². The summed E-state index contributed by atoms with van der Waals surface area (Å²) in [7, 11) is -3.81. The highest BCUT2D eigenvalue weighted by molar-refractivity contribution is 7.92. The van der Waals surface area contributed by atoms with Crippen LogP contribution in [0.2, 0.25) is 0 Å². The zero-order chi connectivity index (χ0) is 25.6. The van der Waals surface area contributed by atoms with Crippen LogP contribution >= 0.6 is 0 Å². The Labute approximate surface area is 207 Å². The van der Waals surface area contributed by atoms with Crippen LogP contribution in [0.3, 0.4) is 0 Å². The Morgan fingerprint density at radius 1 is 1.06 bits per heavy atom. The molecule has 9 heteroatoms. The molecule has 0 spiro atoms. The average molecular weight is 504 g/mol. The van der Waals surface area contributed by atoms with Crippen LogP contribution in [-0.4, -0.2) is 50.0 Å². The van der Waals surface area contributed by atoms with E-state index in [2.05, 4.69) is 5.32 Å². The highest BCUT2D eigenvalue weighted by atomic mass is 32.2. The molecule has 0 saturated heterocycles. The van der Waals surface area contributed by atoms with Gasteiger partial charge in [-0.2, -0.15) is 0 Å². The van der Waals surface area contributed by atoms with Gasteiger partial charge in [0.2, 0.25) is 21.8 Å². The van der Waals surface area contributed by atoms with Crippen molar-refractivity contribution in [1.29, 1.82) is 0 Å². The van der Waals surface area contributed by atoms with E-state index in [9.17, 15) is 22.4 Å². The summed E-state index contributed by atoms with van der Waals surface area (Å²) in [5.74, 6) is -1.42. The number of amides is 2.